The van der Waals surface area contributed by atoms with E-state index in [-0.39, 0.29) is 23.7 Å². The van der Waals surface area contributed by atoms with Gasteiger partial charge < -0.3 is 0 Å². The van der Waals surface area contributed by atoms with Crippen LogP contribution < -0.4 is 16.3 Å². The number of non-ortho nitro benzene ring substituents is 1. The fourth-order valence-electron chi connectivity index (χ4n) is 1.85. The largest absolute Gasteiger partial charge is 0.271 e. The monoisotopic (exact) mass is 277 g/mol. The molecule has 1 amide bonds. The number of nitrogens with zero attached hydrogens (tertiary/aromatic N) is 2. The highest BCUT2D eigenvalue weighted by Gasteiger charge is 2.26. The number of rotatable bonds is 4. The SMILES string of the molecule is CC1CC(C(=O)N/N=C/c2cccc([N+](=O)[O-])c2)NN1. The van der Waals surface area contributed by atoms with Gasteiger partial charge in [-0.3, -0.25) is 20.3 Å². The van der Waals surface area contributed by atoms with Crippen LogP contribution in [0.25, 0.3) is 0 Å². The number of carbonyl (C=O) groups excluding carboxylic acids is 1. The lowest BCUT2D eigenvalue weighted by Crippen LogP contribution is -2.41. The summed E-state index contributed by atoms with van der Waals surface area (Å²) in [6, 6.07) is 5.91. The molecule has 1 aliphatic rings. The molecule has 3 N–H and O–H groups in total. The molecule has 1 heterocycles. The summed E-state index contributed by atoms with van der Waals surface area (Å²) in [6.45, 7) is 1.96. The molecule has 0 aromatic heterocycles. The van der Waals surface area contributed by atoms with Crippen LogP contribution in [0.2, 0.25) is 0 Å². The maximum Gasteiger partial charge on any atom is 0.270 e. The van der Waals surface area contributed by atoms with Crippen LogP contribution in [0, 0.1) is 10.1 Å². The van der Waals surface area contributed by atoms with Crippen molar-refractivity contribution < 1.29 is 9.72 Å². The molecule has 2 unspecified atom stereocenters. The van der Waals surface area contributed by atoms with E-state index in [0.717, 1.165) is 0 Å². The molecule has 0 spiro atoms. The molecule has 0 aliphatic carbocycles. The Bertz CT molecular complexity index is 546. The second-order valence-corrected chi connectivity index (χ2v) is 4.56. The molecule has 2 atom stereocenters. The van der Waals surface area contributed by atoms with Gasteiger partial charge in [0.05, 0.1) is 11.1 Å². The lowest BCUT2D eigenvalue weighted by atomic mass is 10.1. The summed E-state index contributed by atoms with van der Waals surface area (Å²) in [5.74, 6) is -0.247. The molecule has 8 heteroatoms. The predicted molar refractivity (Wildman–Crippen MR) is 73.0 cm³/mol. The Morgan fingerprint density at radius 2 is 2.35 bits per heavy atom. The zero-order valence-corrected chi connectivity index (χ0v) is 10.9. The minimum absolute atomic E-state index is 0.0178. The van der Waals surface area contributed by atoms with E-state index in [9.17, 15) is 14.9 Å². The van der Waals surface area contributed by atoms with E-state index in [1.807, 2.05) is 6.92 Å². The summed E-state index contributed by atoms with van der Waals surface area (Å²) in [4.78, 5) is 21.9. The van der Waals surface area contributed by atoms with Crippen LogP contribution in [0.1, 0.15) is 18.9 Å². The number of hydrazine groups is 1. The van der Waals surface area contributed by atoms with E-state index >= 15 is 0 Å². The van der Waals surface area contributed by atoms with Crippen molar-refractivity contribution in [3.63, 3.8) is 0 Å². The molecule has 0 saturated carbocycles. The number of amides is 1. The summed E-state index contributed by atoms with van der Waals surface area (Å²) in [5, 5.41) is 14.4. The zero-order chi connectivity index (χ0) is 14.5. The molecule has 20 heavy (non-hydrogen) atoms. The summed E-state index contributed by atoms with van der Waals surface area (Å²) in [7, 11) is 0. The van der Waals surface area contributed by atoms with Crippen molar-refractivity contribution in [2.75, 3.05) is 0 Å². The van der Waals surface area contributed by atoms with E-state index < -0.39 is 4.92 Å². The van der Waals surface area contributed by atoms with Gasteiger partial charge in [-0.25, -0.2) is 10.9 Å². The van der Waals surface area contributed by atoms with Gasteiger partial charge >= 0.3 is 0 Å². The second kappa shape index (κ2) is 6.22. The number of hydrogen-bond donors (Lipinski definition) is 3. The van der Waals surface area contributed by atoms with Gasteiger partial charge in [0.1, 0.15) is 6.04 Å². The molecular formula is C12H15N5O3. The third kappa shape index (κ3) is 3.59. The van der Waals surface area contributed by atoms with Gasteiger partial charge in [0.25, 0.3) is 11.6 Å². The Hall–Kier alpha value is -2.32. The molecule has 8 nitrogen and oxygen atoms in total. The highest BCUT2D eigenvalue weighted by Crippen LogP contribution is 2.11. The Kier molecular flexibility index (Phi) is 4.38. The van der Waals surface area contributed by atoms with Crippen molar-refractivity contribution in [1.29, 1.82) is 0 Å². The Morgan fingerprint density at radius 3 is 3.00 bits per heavy atom. The molecule has 1 saturated heterocycles. The lowest BCUT2D eigenvalue weighted by molar-refractivity contribution is -0.384. The quantitative estimate of drug-likeness (QED) is 0.416. The molecule has 1 fully saturated rings. The van der Waals surface area contributed by atoms with E-state index in [1.165, 1.54) is 18.3 Å². The number of hydrazone groups is 1. The van der Waals surface area contributed by atoms with E-state index in [4.69, 9.17) is 0 Å². The van der Waals surface area contributed by atoms with E-state index in [0.29, 0.717) is 12.0 Å². The van der Waals surface area contributed by atoms with Gasteiger partial charge in [-0.15, -0.1) is 0 Å². The van der Waals surface area contributed by atoms with Crippen molar-refractivity contribution >= 4 is 17.8 Å². The van der Waals surface area contributed by atoms with Crippen molar-refractivity contribution in [3.8, 4) is 0 Å². The molecular weight excluding hydrogens is 262 g/mol. The Balaban J connectivity index is 1.91. The summed E-state index contributed by atoms with van der Waals surface area (Å²) in [6.07, 6.45) is 2.05. The third-order valence-electron chi connectivity index (χ3n) is 2.88. The fourth-order valence-corrected chi connectivity index (χ4v) is 1.85. The first kappa shape index (κ1) is 14.1. The smallest absolute Gasteiger partial charge is 0.270 e. The average Bonchev–Trinajstić information content (AvgIpc) is 2.86. The summed E-state index contributed by atoms with van der Waals surface area (Å²) in [5.41, 5.74) is 8.72. The van der Waals surface area contributed by atoms with Crippen LogP contribution in [-0.4, -0.2) is 29.1 Å². The first-order valence-corrected chi connectivity index (χ1v) is 6.14. The van der Waals surface area contributed by atoms with Crippen LogP contribution >= 0.6 is 0 Å². The van der Waals surface area contributed by atoms with Crippen molar-refractivity contribution in [2.45, 2.75) is 25.4 Å². The third-order valence-corrected chi connectivity index (χ3v) is 2.88. The second-order valence-electron chi connectivity index (χ2n) is 4.56. The van der Waals surface area contributed by atoms with E-state index in [2.05, 4.69) is 21.4 Å². The van der Waals surface area contributed by atoms with Crippen LogP contribution in [0.3, 0.4) is 0 Å². The van der Waals surface area contributed by atoms with Gasteiger partial charge in [-0.2, -0.15) is 5.10 Å². The van der Waals surface area contributed by atoms with Crippen LogP contribution in [0.4, 0.5) is 5.69 Å². The zero-order valence-electron chi connectivity index (χ0n) is 10.9. The first-order valence-electron chi connectivity index (χ1n) is 6.14. The lowest BCUT2D eigenvalue weighted by Gasteiger charge is -2.06. The van der Waals surface area contributed by atoms with Crippen LogP contribution in [0.5, 0.6) is 0 Å². The maximum absolute atomic E-state index is 11.7. The van der Waals surface area contributed by atoms with Gasteiger partial charge in [0.2, 0.25) is 0 Å². The highest BCUT2D eigenvalue weighted by molar-refractivity contribution is 5.85. The van der Waals surface area contributed by atoms with Crippen molar-refractivity contribution in [3.05, 3.63) is 39.9 Å². The van der Waals surface area contributed by atoms with Gasteiger partial charge in [0, 0.05) is 23.7 Å². The molecule has 0 radical (unpaired) electrons. The van der Waals surface area contributed by atoms with Gasteiger partial charge in [-0.1, -0.05) is 12.1 Å². The number of nitrogens with one attached hydrogen (secondary N) is 3. The number of nitro benzene ring substituents is 1. The number of benzene rings is 1. The molecule has 1 aliphatic heterocycles. The molecule has 1 aromatic carbocycles. The Morgan fingerprint density at radius 1 is 1.55 bits per heavy atom. The molecule has 106 valence electrons. The van der Waals surface area contributed by atoms with Gasteiger partial charge in [-0.05, 0) is 13.3 Å². The molecule has 2 rings (SSSR count). The maximum atomic E-state index is 11.7. The number of nitro groups is 1. The minimum atomic E-state index is -0.481. The highest BCUT2D eigenvalue weighted by atomic mass is 16.6. The van der Waals surface area contributed by atoms with Crippen molar-refractivity contribution in [2.24, 2.45) is 5.10 Å². The standard InChI is InChI=1S/C12H15N5O3/c1-8-5-11(15-14-8)12(18)16-13-7-9-3-2-4-10(6-9)17(19)20/h2-4,6-8,11,14-15H,5H2,1H3,(H,16,18)/b13-7+. The average molecular weight is 277 g/mol. The van der Waals surface area contributed by atoms with Gasteiger partial charge in [0.15, 0.2) is 0 Å². The Labute approximate surface area is 115 Å². The van der Waals surface area contributed by atoms with Crippen LogP contribution in [0.15, 0.2) is 29.4 Å². The predicted octanol–water partition coefficient (Wildman–Crippen LogP) is 0.300. The molecule has 0 bridgehead atoms. The minimum Gasteiger partial charge on any atom is -0.271 e. The summed E-state index contributed by atoms with van der Waals surface area (Å²) >= 11 is 0. The normalized spacial score (nSPS) is 22.1. The fraction of sp³-hybridized carbons (Fsp3) is 0.333. The molecule has 1 aromatic rings. The topological polar surface area (TPSA) is 109 Å². The van der Waals surface area contributed by atoms with E-state index in [1.54, 1.807) is 12.1 Å². The number of carbonyl (C=O) groups is 1. The number of hydrogen-bond acceptors (Lipinski definition) is 6. The first-order chi connectivity index (χ1) is 9.56. The van der Waals surface area contributed by atoms with Crippen molar-refractivity contribution in [1.82, 2.24) is 16.3 Å². The van der Waals surface area contributed by atoms with Crippen LogP contribution in [-0.2, 0) is 4.79 Å². The summed E-state index contributed by atoms with van der Waals surface area (Å²) < 4.78 is 0.